The van der Waals surface area contributed by atoms with E-state index in [9.17, 15) is 0 Å². The quantitative estimate of drug-likeness (QED) is 0.864. The van der Waals surface area contributed by atoms with Gasteiger partial charge in [0, 0.05) is 43.5 Å². The molecular weight excluding hydrogens is 284 g/mol. The first kappa shape index (κ1) is 16.6. The lowest BCUT2D eigenvalue weighted by Gasteiger charge is -2.30. The van der Waals surface area contributed by atoms with Crippen LogP contribution < -0.4 is 10.2 Å². The largest absolute Gasteiger partial charge is 0.376 e. The predicted octanol–water partition coefficient (Wildman–Crippen LogP) is 3.84. The summed E-state index contributed by atoms with van der Waals surface area (Å²) in [7, 11) is 2.14. The number of nitrogens with one attached hydrogen (secondary N) is 1. The van der Waals surface area contributed by atoms with Crippen molar-refractivity contribution in [1.82, 2.24) is 5.32 Å². The lowest BCUT2D eigenvalue weighted by atomic mass is 10.1. The SMILES string of the molecule is CC(C)NCc1cc(Cl)ccc1N(C)CC1CCCCO1. The van der Waals surface area contributed by atoms with E-state index in [1.807, 2.05) is 6.07 Å². The van der Waals surface area contributed by atoms with E-state index in [2.05, 4.69) is 43.2 Å². The minimum absolute atomic E-state index is 0.352. The fourth-order valence-electron chi connectivity index (χ4n) is 2.74. The smallest absolute Gasteiger partial charge is 0.0749 e. The molecule has 1 unspecified atom stereocenters. The van der Waals surface area contributed by atoms with Crippen molar-refractivity contribution >= 4 is 17.3 Å². The zero-order valence-corrected chi connectivity index (χ0v) is 14.1. The first-order valence-electron chi connectivity index (χ1n) is 7.91. The fourth-order valence-corrected chi connectivity index (χ4v) is 2.93. The second-order valence-corrected chi connectivity index (χ2v) is 6.61. The van der Waals surface area contributed by atoms with Gasteiger partial charge < -0.3 is 15.0 Å². The molecule has 1 atom stereocenters. The molecule has 1 aromatic rings. The summed E-state index contributed by atoms with van der Waals surface area (Å²) in [5.41, 5.74) is 2.48. The van der Waals surface area contributed by atoms with E-state index >= 15 is 0 Å². The van der Waals surface area contributed by atoms with Crippen molar-refractivity contribution in [3.8, 4) is 0 Å². The highest BCUT2D eigenvalue weighted by Crippen LogP contribution is 2.25. The predicted molar refractivity (Wildman–Crippen MR) is 90.3 cm³/mol. The Bertz CT molecular complexity index is 444. The molecule has 1 N–H and O–H groups in total. The van der Waals surface area contributed by atoms with Gasteiger partial charge >= 0.3 is 0 Å². The molecule has 118 valence electrons. The van der Waals surface area contributed by atoms with Crippen LogP contribution in [0.4, 0.5) is 5.69 Å². The number of likely N-dealkylation sites (N-methyl/N-ethyl adjacent to an activating group) is 1. The normalized spacial score (nSPS) is 19.0. The first-order valence-corrected chi connectivity index (χ1v) is 8.28. The third kappa shape index (κ3) is 5.17. The monoisotopic (exact) mass is 310 g/mol. The van der Waals surface area contributed by atoms with Crippen molar-refractivity contribution < 1.29 is 4.74 Å². The summed E-state index contributed by atoms with van der Waals surface area (Å²) in [6.07, 6.45) is 3.99. The molecule has 0 spiro atoms. The summed E-state index contributed by atoms with van der Waals surface area (Å²) >= 11 is 6.16. The van der Waals surface area contributed by atoms with Gasteiger partial charge in [-0.1, -0.05) is 25.4 Å². The van der Waals surface area contributed by atoms with Crippen molar-refractivity contribution in [3.63, 3.8) is 0 Å². The topological polar surface area (TPSA) is 24.5 Å². The Balaban J connectivity index is 2.05. The van der Waals surface area contributed by atoms with Gasteiger partial charge in [0.15, 0.2) is 0 Å². The highest BCUT2D eigenvalue weighted by molar-refractivity contribution is 6.30. The fraction of sp³-hybridized carbons (Fsp3) is 0.647. The van der Waals surface area contributed by atoms with Crippen molar-refractivity contribution in [2.45, 2.75) is 51.8 Å². The van der Waals surface area contributed by atoms with Crippen LogP contribution in [0.3, 0.4) is 0 Å². The third-order valence-electron chi connectivity index (χ3n) is 3.91. The summed E-state index contributed by atoms with van der Waals surface area (Å²) in [6.45, 7) is 6.99. The minimum Gasteiger partial charge on any atom is -0.376 e. The van der Waals surface area contributed by atoms with Crippen LogP contribution in [0.25, 0.3) is 0 Å². The number of hydrogen-bond acceptors (Lipinski definition) is 3. The zero-order chi connectivity index (χ0) is 15.2. The Labute approximate surface area is 133 Å². The molecule has 0 bridgehead atoms. The average molecular weight is 311 g/mol. The molecule has 0 radical (unpaired) electrons. The van der Waals surface area contributed by atoms with E-state index in [4.69, 9.17) is 16.3 Å². The molecule has 1 heterocycles. The van der Waals surface area contributed by atoms with Gasteiger partial charge in [0.25, 0.3) is 0 Å². The summed E-state index contributed by atoms with van der Waals surface area (Å²) in [5, 5.41) is 4.26. The number of benzene rings is 1. The lowest BCUT2D eigenvalue weighted by Crippen LogP contribution is -2.34. The molecule has 0 amide bonds. The van der Waals surface area contributed by atoms with Crippen LogP contribution in [-0.4, -0.2) is 32.3 Å². The maximum absolute atomic E-state index is 6.16. The molecule has 1 aliphatic heterocycles. The molecule has 1 aromatic carbocycles. The molecule has 2 rings (SSSR count). The number of ether oxygens (including phenoxy) is 1. The van der Waals surface area contributed by atoms with Crippen LogP contribution in [-0.2, 0) is 11.3 Å². The maximum atomic E-state index is 6.16. The third-order valence-corrected chi connectivity index (χ3v) is 4.14. The van der Waals surface area contributed by atoms with Crippen LogP contribution in [0.15, 0.2) is 18.2 Å². The Morgan fingerprint density at radius 2 is 2.19 bits per heavy atom. The molecule has 0 saturated carbocycles. The lowest BCUT2D eigenvalue weighted by molar-refractivity contribution is 0.0216. The number of rotatable bonds is 6. The van der Waals surface area contributed by atoms with E-state index in [1.165, 1.54) is 24.1 Å². The van der Waals surface area contributed by atoms with Gasteiger partial charge in [0.1, 0.15) is 0 Å². The van der Waals surface area contributed by atoms with E-state index in [0.29, 0.717) is 12.1 Å². The molecule has 4 heteroatoms. The van der Waals surface area contributed by atoms with Crippen molar-refractivity contribution in [3.05, 3.63) is 28.8 Å². The zero-order valence-electron chi connectivity index (χ0n) is 13.4. The van der Waals surface area contributed by atoms with Crippen LogP contribution >= 0.6 is 11.6 Å². The summed E-state index contributed by atoms with van der Waals surface area (Å²) in [5.74, 6) is 0. The molecule has 1 fully saturated rings. The van der Waals surface area contributed by atoms with E-state index in [-0.39, 0.29) is 0 Å². The number of nitrogens with zero attached hydrogens (tertiary/aromatic N) is 1. The van der Waals surface area contributed by atoms with Gasteiger partial charge in [-0.05, 0) is 43.0 Å². The summed E-state index contributed by atoms with van der Waals surface area (Å²) in [4.78, 5) is 2.30. The Kier molecular flexibility index (Phi) is 6.34. The first-order chi connectivity index (χ1) is 10.1. The molecule has 0 aliphatic carbocycles. The highest BCUT2D eigenvalue weighted by atomic mass is 35.5. The van der Waals surface area contributed by atoms with Crippen LogP contribution in [0.5, 0.6) is 0 Å². The Morgan fingerprint density at radius 3 is 2.86 bits per heavy atom. The van der Waals surface area contributed by atoms with E-state index in [0.717, 1.165) is 31.1 Å². The number of hydrogen-bond donors (Lipinski definition) is 1. The standard InChI is InChI=1S/C17H27ClN2O/c1-13(2)19-11-14-10-15(18)7-8-17(14)20(3)12-16-6-4-5-9-21-16/h7-8,10,13,16,19H,4-6,9,11-12H2,1-3H3. The minimum atomic E-state index is 0.352. The van der Waals surface area contributed by atoms with Gasteiger partial charge in [-0.15, -0.1) is 0 Å². The molecule has 1 aliphatic rings. The molecule has 0 aromatic heterocycles. The van der Waals surface area contributed by atoms with Gasteiger partial charge in [-0.25, -0.2) is 0 Å². The number of halogens is 1. The molecule has 1 saturated heterocycles. The van der Waals surface area contributed by atoms with Crippen molar-refractivity contribution in [2.75, 3.05) is 25.1 Å². The van der Waals surface area contributed by atoms with Gasteiger partial charge in [-0.3, -0.25) is 0 Å². The van der Waals surface area contributed by atoms with Crippen LogP contribution in [0, 0.1) is 0 Å². The molecule has 21 heavy (non-hydrogen) atoms. The molecular formula is C17H27ClN2O. The van der Waals surface area contributed by atoms with Crippen molar-refractivity contribution in [2.24, 2.45) is 0 Å². The summed E-state index contributed by atoms with van der Waals surface area (Å²) in [6, 6.07) is 6.60. The van der Waals surface area contributed by atoms with Gasteiger partial charge in [0.05, 0.1) is 6.10 Å². The second-order valence-electron chi connectivity index (χ2n) is 6.18. The van der Waals surface area contributed by atoms with E-state index < -0.39 is 0 Å². The van der Waals surface area contributed by atoms with Crippen molar-refractivity contribution in [1.29, 1.82) is 0 Å². The number of anilines is 1. The van der Waals surface area contributed by atoms with Crippen LogP contribution in [0.1, 0.15) is 38.7 Å². The second kappa shape index (κ2) is 8.02. The summed E-state index contributed by atoms with van der Waals surface area (Å²) < 4.78 is 5.85. The Hall–Kier alpha value is -0.770. The molecule has 3 nitrogen and oxygen atoms in total. The van der Waals surface area contributed by atoms with Gasteiger partial charge in [-0.2, -0.15) is 0 Å². The van der Waals surface area contributed by atoms with E-state index in [1.54, 1.807) is 0 Å². The van der Waals surface area contributed by atoms with Gasteiger partial charge in [0.2, 0.25) is 0 Å². The highest BCUT2D eigenvalue weighted by Gasteiger charge is 2.17. The average Bonchev–Trinajstić information content (AvgIpc) is 2.46. The Morgan fingerprint density at radius 1 is 1.38 bits per heavy atom. The van der Waals surface area contributed by atoms with Crippen LogP contribution in [0.2, 0.25) is 5.02 Å². The maximum Gasteiger partial charge on any atom is 0.0749 e.